The molecule has 0 radical (unpaired) electrons. The average molecular weight is 314 g/mol. The summed E-state index contributed by atoms with van der Waals surface area (Å²) in [5.74, 6) is -0.357. The van der Waals surface area contributed by atoms with E-state index >= 15 is 0 Å². The van der Waals surface area contributed by atoms with Gasteiger partial charge in [-0.25, -0.2) is 4.79 Å². The lowest BCUT2D eigenvalue weighted by atomic mass is 10.1. The number of carbonyl (C=O) groups excluding carboxylic acids is 1. The van der Waals surface area contributed by atoms with Gasteiger partial charge in [0.15, 0.2) is 5.11 Å². The Morgan fingerprint density at radius 1 is 1.09 bits per heavy atom. The molecule has 0 aromatic heterocycles. The third kappa shape index (κ3) is 4.30. The molecule has 1 atom stereocenters. The molecule has 1 unspecified atom stereocenters. The number of hydrogen-bond acceptors (Lipinski definition) is 3. The predicted octanol–water partition coefficient (Wildman–Crippen LogP) is 3.52. The van der Waals surface area contributed by atoms with E-state index in [1.807, 2.05) is 37.3 Å². The van der Waals surface area contributed by atoms with Crippen LogP contribution in [0.2, 0.25) is 0 Å². The highest BCUT2D eigenvalue weighted by Gasteiger charge is 2.08. The molecule has 0 spiro atoms. The standard InChI is InChI=1S/C17H18N2O2S/c1-12(13-6-4-3-5-7-13)18-17(22)19-15-10-8-14(9-11-15)16(20)21-2/h3-12H,1-2H3,(H2,18,19,22). The van der Waals surface area contributed by atoms with E-state index < -0.39 is 0 Å². The van der Waals surface area contributed by atoms with Gasteiger partial charge in [0.25, 0.3) is 0 Å². The first-order chi connectivity index (χ1) is 10.6. The number of ether oxygens (including phenoxy) is 1. The number of anilines is 1. The maximum atomic E-state index is 11.4. The molecule has 0 aliphatic carbocycles. The Morgan fingerprint density at radius 2 is 1.73 bits per heavy atom. The summed E-state index contributed by atoms with van der Waals surface area (Å²) in [7, 11) is 1.36. The highest BCUT2D eigenvalue weighted by atomic mass is 32.1. The quantitative estimate of drug-likeness (QED) is 0.668. The van der Waals surface area contributed by atoms with Gasteiger partial charge in [-0.15, -0.1) is 0 Å². The largest absolute Gasteiger partial charge is 0.465 e. The highest BCUT2D eigenvalue weighted by Crippen LogP contribution is 2.13. The fourth-order valence-electron chi connectivity index (χ4n) is 2.00. The van der Waals surface area contributed by atoms with Crippen LogP contribution in [0.25, 0.3) is 0 Å². The van der Waals surface area contributed by atoms with E-state index in [2.05, 4.69) is 15.4 Å². The van der Waals surface area contributed by atoms with Gasteiger partial charge >= 0.3 is 5.97 Å². The first-order valence-electron chi connectivity index (χ1n) is 6.91. The molecule has 2 rings (SSSR count). The van der Waals surface area contributed by atoms with Crippen LogP contribution in [0, 0.1) is 0 Å². The van der Waals surface area contributed by atoms with Crippen LogP contribution in [0.3, 0.4) is 0 Å². The van der Waals surface area contributed by atoms with Crippen molar-refractivity contribution in [1.82, 2.24) is 5.32 Å². The van der Waals surface area contributed by atoms with Crippen LogP contribution in [-0.2, 0) is 4.74 Å². The molecule has 0 amide bonds. The van der Waals surface area contributed by atoms with Crippen molar-refractivity contribution >= 4 is 29.0 Å². The normalized spacial score (nSPS) is 11.4. The molecule has 2 aromatic rings. The van der Waals surface area contributed by atoms with Gasteiger partial charge in [-0.1, -0.05) is 30.3 Å². The fourth-order valence-corrected chi connectivity index (χ4v) is 2.29. The molecule has 0 bridgehead atoms. The van der Waals surface area contributed by atoms with Crippen LogP contribution in [0.15, 0.2) is 54.6 Å². The highest BCUT2D eigenvalue weighted by molar-refractivity contribution is 7.80. The van der Waals surface area contributed by atoms with E-state index in [1.165, 1.54) is 7.11 Å². The fraction of sp³-hybridized carbons (Fsp3) is 0.176. The third-order valence-electron chi connectivity index (χ3n) is 3.21. The van der Waals surface area contributed by atoms with Crippen molar-refractivity contribution in [3.8, 4) is 0 Å². The Labute approximate surface area is 135 Å². The van der Waals surface area contributed by atoms with Gasteiger partial charge in [0.1, 0.15) is 0 Å². The third-order valence-corrected chi connectivity index (χ3v) is 3.43. The predicted molar refractivity (Wildman–Crippen MR) is 92.0 cm³/mol. The van der Waals surface area contributed by atoms with Crippen molar-refractivity contribution in [1.29, 1.82) is 0 Å². The summed E-state index contributed by atoms with van der Waals surface area (Å²) in [6.45, 7) is 2.05. The van der Waals surface area contributed by atoms with Gasteiger partial charge in [0, 0.05) is 5.69 Å². The second kappa shape index (κ2) is 7.56. The summed E-state index contributed by atoms with van der Waals surface area (Å²) in [5, 5.41) is 6.85. The van der Waals surface area contributed by atoms with Gasteiger partial charge in [-0.2, -0.15) is 0 Å². The Morgan fingerprint density at radius 3 is 2.32 bits per heavy atom. The molecule has 0 fully saturated rings. The minimum atomic E-state index is -0.357. The minimum Gasteiger partial charge on any atom is -0.465 e. The van der Waals surface area contributed by atoms with Crippen LogP contribution in [0.5, 0.6) is 0 Å². The number of nitrogens with one attached hydrogen (secondary N) is 2. The summed E-state index contributed by atoms with van der Waals surface area (Å²) in [4.78, 5) is 11.4. The molecular weight excluding hydrogens is 296 g/mol. The molecule has 0 saturated carbocycles. The summed E-state index contributed by atoms with van der Waals surface area (Å²) in [6.07, 6.45) is 0. The van der Waals surface area contributed by atoms with Crippen molar-refractivity contribution in [3.63, 3.8) is 0 Å². The first kappa shape index (κ1) is 16.0. The van der Waals surface area contributed by atoms with Crippen LogP contribution in [-0.4, -0.2) is 18.2 Å². The number of benzene rings is 2. The Balaban J connectivity index is 1.93. The zero-order chi connectivity index (χ0) is 15.9. The number of thiocarbonyl (C=S) groups is 1. The second-order valence-electron chi connectivity index (χ2n) is 4.80. The van der Waals surface area contributed by atoms with Crippen LogP contribution in [0.1, 0.15) is 28.9 Å². The second-order valence-corrected chi connectivity index (χ2v) is 5.21. The Bertz CT molecular complexity index is 641. The van der Waals surface area contributed by atoms with E-state index in [4.69, 9.17) is 12.2 Å². The number of rotatable bonds is 4. The van der Waals surface area contributed by atoms with Gasteiger partial charge in [0.2, 0.25) is 0 Å². The molecule has 0 heterocycles. The first-order valence-corrected chi connectivity index (χ1v) is 7.32. The molecule has 2 aromatic carbocycles. The van der Waals surface area contributed by atoms with Gasteiger partial charge in [-0.05, 0) is 49.0 Å². The van der Waals surface area contributed by atoms with Gasteiger partial charge < -0.3 is 15.4 Å². The maximum absolute atomic E-state index is 11.4. The van der Waals surface area contributed by atoms with Crippen molar-refractivity contribution in [2.24, 2.45) is 0 Å². The summed E-state index contributed by atoms with van der Waals surface area (Å²) in [6, 6.07) is 17.1. The lowest BCUT2D eigenvalue weighted by molar-refractivity contribution is 0.0601. The van der Waals surface area contributed by atoms with Crippen LogP contribution in [0.4, 0.5) is 5.69 Å². The van der Waals surface area contributed by atoms with E-state index in [1.54, 1.807) is 24.3 Å². The lowest BCUT2D eigenvalue weighted by Gasteiger charge is -2.17. The Kier molecular flexibility index (Phi) is 5.49. The number of carbonyl (C=O) groups is 1. The summed E-state index contributed by atoms with van der Waals surface area (Å²) >= 11 is 5.31. The van der Waals surface area contributed by atoms with Gasteiger partial charge in [0.05, 0.1) is 18.7 Å². The van der Waals surface area contributed by atoms with Crippen LogP contribution >= 0.6 is 12.2 Å². The molecule has 2 N–H and O–H groups in total. The number of esters is 1. The van der Waals surface area contributed by atoms with Crippen LogP contribution < -0.4 is 10.6 Å². The molecule has 0 aliphatic rings. The smallest absolute Gasteiger partial charge is 0.337 e. The number of hydrogen-bond donors (Lipinski definition) is 2. The van der Waals surface area contributed by atoms with E-state index in [-0.39, 0.29) is 12.0 Å². The minimum absolute atomic E-state index is 0.107. The zero-order valence-corrected chi connectivity index (χ0v) is 13.3. The Hall–Kier alpha value is -2.40. The molecule has 5 heteroatoms. The average Bonchev–Trinajstić information content (AvgIpc) is 2.55. The lowest BCUT2D eigenvalue weighted by Crippen LogP contribution is -2.30. The zero-order valence-electron chi connectivity index (χ0n) is 12.5. The summed E-state index contributed by atoms with van der Waals surface area (Å²) < 4.78 is 4.66. The van der Waals surface area contributed by atoms with E-state index in [0.29, 0.717) is 10.7 Å². The molecular formula is C17H18N2O2S. The molecule has 0 aliphatic heterocycles. The maximum Gasteiger partial charge on any atom is 0.337 e. The number of methoxy groups -OCH3 is 1. The SMILES string of the molecule is COC(=O)c1ccc(NC(=S)NC(C)c2ccccc2)cc1. The molecule has 22 heavy (non-hydrogen) atoms. The van der Waals surface area contributed by atoms with E-state index in [0.717, 1.165) is 11.3 Å². The van der Waals surface area contributed by atoms with E-state index in [9.17, 15) is 4.79 Å². The van der Waals surface area contributed by atoms with Crippen molar-refractivity contribution in [2.45, 2.75) is 13.0 Å². The van der Waals surface area contributed by atoms with Crippen molar-refractivity contribution in [3.05, 3.63) is 65.7 Å². The molecule has 114 valence electrons. The van der Waals surface area contributed by atoms with Crippen molar-refractivity contribution in [2.75, 3.05) is 12.4 Å². The molecule has 4 nitrogen and oxygen atoms in total. The topological polar surface area (TPSA) is 50.4 Å². The van der Waals surface area contributed by atoms with Crippen molar-refractivity contribution < 1.29 is 9.53 Å². The molecule has 0 saturated heterocycles. The monoisotopic (exact) mass is 314 g/mol. The summed E-state index contributed by atoms with van der Waals surface area (Å²) in [5.41, 5.74) is 2.47. The van der Waals surface area contributed by atoms with Gasteiger partial charge in [-0.3, -0.25) is 0 Å².